The van der Waals surface area contributed by atoms with Crippen LogP contribution in [0.2, 0.25) is 5.02 Å². The number of halogens is 1. The summed E-state index contributed by atoms with van der Waals surface area (Å²) in [5, 5.41) is 0.567. The van der Waals surface area contributed by atoms with Crippen molar-refractivity contribution in [1.29, 1.82) is 0 Å². The largest absolute Gasteiger partial charge is 0.289 e. The highest BCUT2D eigenvalue weighted by molar-refractivity contribution is 6.31. The number of ketones is 1. The van der Waals surface area contributed by atoms with Gasteiger partial charge in [0, 0.05) is 28.5 Å². The number of carbonyl (C=O) groups excluding carboxylic acids is 1. The fourth-order valence-electron chi connectivity index (χ4n) is 1.51. The maximum absolute atomic E-state index is 12.1. The zero-order valence-corrected chi connectivity index (χ0v) is 9.53. The summed E-state index contributed by atoms with van der Waals surface area (Å²) in [5.74, 6) is -0.0256. The summed E-state index contributed by atoms with van der Waals surface area (Å²) < 4.78 is 0. The Hall–Kier alpha value is -1.67. The van der Waals surface area contributed by atoms with E-state index in [0.29, 0.717) is 16.1 Å². The number of carbonyl (C=O) groups is 1. The van der Waals surface area contributed by atoms with Crippen molar-refractivity contribution in [2.45, 2.75) is 6.92 Å². The van der Waals surface area contributed by atoms with Crippen LogP contribution < -0.4 is 0 Å². The highest BCUT2D eigenvalue weighted by Gasteiger charge is 2.11. The molecule has 0 spiro atoms. The van der Waals surface area contributed by atoms with Crippen molar-refractivity contribution in [3.8, 4) is 0 Å². The molecule has 0 N–H and O–H groups in total. The van der Waals surface area contributed by atoms with Crippen LogP contribution in [0.3, 0.4) is 0 Å². The van der Waals surface area contributed by atoms with Crippen LogP contribution in [0.25, 0.3) is 0 Å². The molecule has 1 aromatic carbocycles. The highest BCUT2D eigenvalue weighted by Crippen LogP contribution is 2.16. The zero-order chi connectivity index (χ0) is 11.5. The van der Waals surface area contributed by atoms with Gasteiger partial charge in [-0.2, -0.15) is 0 Å². The minimum absolute atomic E-state index is 0.0256. The number of benzene rings is 1. The van der Waals surface area contributed by atoms with Gasteiger partial charge in [0.05, 0.1) is 0 Å². The predicted octanol–water partition coefficient (Wildman–Crippen LogP) is 3.27. The first-order chi connectivity index (χ1) is 7.68. The van der Waals surface area contributed by atoms with Gasteiger partial charge < -0.3 is 0 Å². The number of pyridine rings is 1. The summed E-state index contributed by atoms with van der Waals surface area (Å²) in [5.41, 5.74) is 2.13. The molecule has 0 aliphatic rings. The Labute approximate surface area is 98.9 Å². The molecular formula is C13H10ClNO. The van der Waals surface area contributed by atoms with Gasteiger partial charge in [0.2, 0.25) is 0 Å². The maximum atomic E-state index is 12.1. The quantitative estimate of drug-likeness (QED) is 0.743. The van der Waals surface area contributed by atoms with Crippen LogP contribution in [0.15, 0.2) is 42.7 Å². The average molecular weight is 232 g/mol. The molecule has 0 fully saturated rings. The van der Waals surface area contributed by atoms with Crippen molar-refractivity contribution >= 4 is 17.4 Å². The third kappa shape index (κ3) is 2.12. The molecule has 0 aliphatic heterocycles. The lowest BCUT2D eigenvalue weighted by molar-refractivity contribution is 0.103. The summed E-state index contributed by atoms with van der Waals surface area (Å²) in [7, 11) is 0. The molecule has 2 rings (SSSR count). The van der Waals surface area contributed by atoms with E-state index < -0.39 is 0 Å². The predicted molar refractivity (Wildman–Crippen MR) is 63.9 cm³/mol. The number of nitrogens with zero attached hydrogens (tertiary/aromatic N) is 1. The van der Waals surface area contributed by atoms with Gasteiger partial charge >= 0.3 is 0 Å². The minimum Gasteiger partial charge on any atom is -0.289 e. The second-order valence-corrected chi connectivity index (χ2v) is 3.97. The standard InChI is InChI=1S/C13H10ClNO/c1-9-8-15-6-5-12(9)13(16)10-3-2-4-11(14)7-10/h2-8H,1H3. The third-order valence-corrected chi connectivity index (χ3v) is 2.59. The first kappa shape index (κ1) is 10.8. The lowest BCUT2D eigenvalue weighted by Crippen LogP contribution is -2.03. The Morgan fingerprint density at radius 2 is 2.12 bits per heavy atom. The number of rotatable bonds is 2. The molecule has 0 radical (unpaired) electrons. The van der Waals surface area contributed by atoms with Gasteiger partial charge in [-0.05, 0) is 30.7 Å². The smallest absolute Gasteiger partial charge is 0.193 e. The lowest BCUT2D eigenvalue weighted by atomic mass is 10.0. The van der Waals surface area contributed by atoms with Crippen LogP contribution in [-0.4, -0.2) is 10.8 Å². The molecule has 1 heterocycles. The van der Waals surface area contributed by atoms with Crippen LogP contribution in [0, 0.1) is 6.92 Å². The van der Waals surface area contributed by atoms with Crippen molar-refractivity contribution in [1.82, 2.24) is 4.98 Å². The highest BCUT2D eigenvalue weighted by atomic mass is 35.5. The molecule has 0 saturated carbocycles. The summed E-state index contributed by atoms with van der Waals surface area (Å²) >= 11 is 5.85. The Kier molecular flexibility index (Phi) is 3.02. The van der Waals surface area contributed by atoms with Crippen molar-refractivity contribution in [2.75, 3.05) is 0 Å². The number of aromatic nitrogens is 1. The molecule has 1 aromatic heterocycles. The van der Waals surface area contributed by atoms with Crippen molar-refractivity contribution < 1.29 is 4.79 Å². The first-order valence-electron chi connectivity index (χ1n) is 4.89. The average Bonchev–Trinajstić information content (AvgIpc) is 2.29. The molecule has 3 heteroatoms. The van der Waals surface area contributed by atoms with E-state index in [4.69, 9.17) is 11.6 Å². The van der Waals surface area contributed by atoms with E-state index in [1.54, 1.807) is 42.7 Å². The normalized spacial score (nSPS) is 10.1. The molecule has 16 heavy (non-hydrogen) atoms. The maximum Gasteiger partial charge on any atom is 0.193 e. The molecule has 80 valence electrons. The van der Waals surface area contributed by atoms with Gasteiger partial charge in [-0.25, -0.2) is 0 Å². The van der Waals surface area contributed by atoms with Gasteiger partial charge in [0.1, 0.15) is 0 Å². The fraction of sp³-hybridized carbons (Fsp3) is 0.0769. The first-order valence-corrected chi connectivity index (χ1v) is 5.27. The van der Waals surface area contributed by atoms with E-state index in [9.17, 15) is 4.79 Å². The fourth-order valence-corrected chi connectivity index (χ4v) is 1.70. The topological polar surface area (TPSA) is 30.0 Å². The number of aryl methyl sites for hydroxylation is 1. The SMILES string of the molecule is Cc1cnccc1C(=O)c1cccc(Cl)c1. The van der Waals surface area contributed by atoms with Crippen molar-refractivity contribution in [3.63, 3.8) is 0 Å². The summed E-state index contributed by atoms with van der Waals surface area (Å²) in [4.78, 5) is 16.1. The van der Waals surface area contributed by atoms with Crippen LogP contribution in [0.5, 0.6) is 0 Å². The lowest BCUT2D eigenvalue weighted by Gasteiger charge is -2.04. The van der Waals surface area contributed by atoms with Crippen LogP contribution in [0.4, 0.5) is 0 Å². The van der Waals surface area contributed by atoms with Gasteiger partial charge in [0.25, 0.3) is 0 Å². The molecule has 2 aromatic rings. The van der Waals surface area contributed by atoms with E-state index in [2.05, 4.69) is 4.98 Å². The monoisotopic (exact) mass is 231 g/mol. The molecule has 0 aliphatic carbocycles. The zero-order valence-electron chi connectivity index (χ0n) is 8.77. The Morgan fingerprint density at radius 3 is 2.81 bits per heavy atom. The van der Waals surface area contributed by atoms with Gasteiger partial charge in [0.15, 0.2) is 5.78 Å². The van der Waals surface area contributed by atoms with Crippen LogP contribution in [-0.2, 0) is 0 Å². The van der Waals surface area contributed by atoms with E-state index in [1.807, 2.05) is 6.92 Å². The number of hydrogen-bond donors (Lipinski definition) is 0. The van der Waals surface area contributed by atoms with E-state index >= 15 is 0 Å². The summed E-state index contributed by atoms with van der Waals surface area (Å²) in [6, 6.07) is 8.67. The van der Waals surface area contributed by atoms with Crippen LogP contribution >= 0.6 is 11.6 Å². The molecule has 0 saturated heterocycles. The summed E-state index contributed by atoms with van der Waals surface area (Å²) in [6.45, 7) is 1.87. The molecule has 2 nitrogen and oxygen atoms in total. The minimum atomic E-state index is -0.0256. The second-order valence-electron chi connectivity index (χ2n) is 3.53. The Bertz CT molecular complexity index is 537. The Morgan fingerprint density at radius 1 is 1.31 bits per heavy atom. The van der Waals surface area contributed by atoms with Crippen molar-refractivity contribution in [2.24, 2.45) is 0 Å². The third-order valence-electron chi connectivity index (χ3n) is 2.35. The van der Waals surface area contributed by atoms with Gasteiger partial charge in [-0.15, -0.1) is 0 Å². The molecular weight excluding hydrogens is 222 g/mol. The van der Waals surface area contributed by atoms with Gasteiger partial charge in [-0.1, -0.05) is 23.7 Å². The molecule has 0 bridgehead atoms. The van der Waals surface area contributed by atoms with E-state index in [-0.39, 0.29) is 5.78 Å². The second kappa shape index (κ2) is 4.45. The Balaban J connectivity index is 2.44. The molecule has 0 unspecified atom stereocenters. The summed E-state index contributed by atoms with van der Waals surface area (Å²) in [6.07, 6.45) is 3.29. The van der Waals surface area contributed by atoms with Crippen molar-refractivity contribution in [3.05, 3.63) is 64.4 Å². The molecule has 0 atom stereocenters. The van der Waals surface area contributed by atoms with E-state index in [1.165, 1.54) is 0 Å². The van der Waals surface area contributed by atoms with Crippen LogP contribution in [0.1, 0.15) is 21.5 Å². The number of hydrogen-bond acceptors (Lipinski definition) is 2. The van der Waals surface area contributed by atoms with Gasteiger partial charge in [-0.3, -0.25) is 9.78 Å². The van der Waals surface area contributed by atoms with E-state index in [0.717, 1.165) is 5.56 Å². The molecule has 0 amide bonds.